The summed E-state index contributed by atoms with van der Waals surface area (Å²) in [5.74, 6) is 0.0284. The highest BCUT2D eigenvalue weighted by atomic mass is 16.2. The van der Waals surface area contributed by atoms with Crippen molar-refractivity contribution < 1.29 is 4.79 Å². The molecule has 22 heavy (non-hydrogen) atoms. The van der Waals surface area contributed by atoms with Crippen LogP contribution in [0.4, 0.5) is 0 Å². The summed E-state index contributed by atoms with van der Waals surface area (Å²) in [4.78, 5) is 12.2. The van der Waals surface area contributed by atoms with E-state index in [0.717, 1.165) is 30.3 Å². The third-order valence-corrected chi connectivity index (χ3v) is 3.74. The number of carbonyl (C=O) groups is 1. The number of para-hydroxylation sites is 1. The Labute approximate surface area is 132 Å². The van der Waals surface area contributed by atoms with Crippen LogP contribution in [0.3, 0.4) is 0 Å². The molecule has 4 nitrogen and oxygen atoms in total. The van der Waals surface area contributed by atoms with Crippen LogP contribution in [0, 0.1) is 0 Å². The normalized spacial score (nSPS) is 11.5. The van der Waals surface area contributed by atoms with Crippen molar-refractivity contribution in [2.75, 3.05) is 0 Å². The summed E-state index contributed by atoms with van der Waals surface area (Å²) < 4.78 is 1.43. The summed E-state index contributed by atoms with van der Waals surface area (Å²) in [6.45, 7) is 2.22. The average Bonchev–Trinajstić information content (AvgIpc) is 2.97. The Bertz CT molecular complexity index is 616. The third kappa shape index (κ3) is 4.79. The topological polar surface area (TPSA) is 47.8 Å². The number of nitrogens with zero attached hydrogens (tertiary/aromatic N) is 3. The zero-order valence-electron chi connectivity index (χ0n) is 13.4. The van der Waals surface area contributed by atoms with Gasteiger partial charge < -0.3 is 0 Å². The molecule has 0 atom stereocenters. The molecule has 0 saturated carbocycles. The van der Waals surface area contributed by atoms with Gasteiger partial charge in [0.15, 0.2) is 0 Å². The van der Waals surface area contributed by atoms with Gasteiger partial charge in [0.1, 0.15) is 5.52 Å². The standard InChI is InChI=1S/C18H25N3O/c1-2-3-4-5-6-7-8-9-10-15-18(22)21-17-14-12-11-13-16(17)19-20-21/h6-7,11-14H,2-5,8-10,15H2,1H3/b7-6+. The molecular weight excluding hydrogens is 274 g/mol. The maximum atomic E-state index is 12.2. The highest BCUT2D eigenvalue weighted by Gasteiger charge is 2.10. The van der Waals surface area contributed by atoms with E-state index in [1.54, 1.807) is 0 Å². The molecule has 0 amide bonds. The Morgan fingerprint density at radius 2 is 1.82 bits per heavy atom. The second-order valence-electron chi connectivity index (χ2n) is 5.60. The quantitative estimate of drug-likeness (QED) is 0.495. The average molecular weight is 299 g/mol. The van der Waals surface area contributed by atoms with Crippen molar-refractivity contribution in [2.45, 2.75) is 58.3 Å². The second kappa shape index (κ2) is 9.13. The molecule has 1 aromatic heterocycles. The highest BCUT2D eigenvalue weighted by Crippen LogP contribution is 2.11. The molecule has 0 unspecified atom stereocenters. The largest absolute Gasteiger partial charge is 0.273 e. The molecule has 1 aromatic carbocycles. The van der Waals surface area contributed by atoms with E-state index in [2.05, 4.69) is 29.4 Å². The Hall–Kier alpha value is -1.97. The fraction of sp³-hybridized carbons (Fsp3) is 0.500. The molecule has 0 spiro atoms. The first-order valence-corrected chi connectivity index (χ1v) is 8.31. The van der Waals surface area contributed by atoms with Crippen LogP contribution in [0.2, 0.25) is 0 Å². The lowest BCUT2D eigenvalue weighted by Gasteiger charge is -2.00. The molecule has 0 fully saturated rings. The van der Waals surface area contributed by atoms with Gasteiger partial charge in [-0.2, -0.15) is 4.68 Å². The Balaban J connectivity index is 1.68. The number of aromatic nitrogens is 3. The highest BCUT2D eigenvalue weighted by molar-refractivity contribution is 5.88. The molecule has 0 bridgehead atoms. The minimum Gasteiger partial charge on any atom is -0.273 e. The van der Waals surface area contributed by atoms with E-state index in [1.807, 2.05) is 24.3 Å². The molecule has 0 saturated heterocycles. The predicted molar refractivity (Wildman–Crippen MR) is 89.9 cm³/mol. The van der Waals surface area contributed by atoms with E-state index in [1.165, 1.54) is 30.4 Å². The van der Waals surface area contributed by atoms with E-state index in [4.69, 9.17) is 0 Å². The summed E-state index contributed by atoms with van der Waals surface area (Å²) in [6.07, 6.45) is 13.1. The minimum absolute atomic E-state index is 0.0284. The zero-order valence-corrected chi connectivity index (χ0v) is 13.4. The van der Waals surface area contributed by atoms with Gasteiger partial charge in [0.2, 0.25) is 5.91 Å². The van der Waals surface area contributed by atoms with E-state index >= 15 is 0 Å². The molecule has 0 aliphatic carbocycles. The molecule has 118 valence electrons. The summed E-state index contributed by atoms with van der Waals surface area (Å²) in [6, 6.07) is 7.55. The number of carbonyl (C=O) groups excluding carboxylic acids is 1. The molecule has 4 heteroatoms. The Kier molecular flexibility index (Phi) is 6.81. The van der Waals surface area contributed by atoms with E-state index in [9.17, 15) is 4.79 Å². The van der Waals surface area contributed by atoms with Crippen LogP contribution in [-0.4, -0.2) is 20.9 Å². The summed E-state index contributed by atoms with van der Waals surface area (Å²) >= 11 is 0. The Morgan fingerprint density at radius 3 is 2.59 bits per heavy atom. The molecule has 2 rings (SSSR count). The van der Waals surface area contributed by atoms with Crippen LogP contribution in [0.1, 0.15) is 63.1 Å². The maximum Gasteiger partial charge on any atom is 0.248 e. The monoisotopic (exact) mass is 299 g/mol. The molecule has 0 aliphatic heterocycles. The van der Waals surface area contributed by atoms with Crippen molar-refractivity contribution in [3.63, 3.8) is 0 Å². The van der Waals surface area contributed by atoms with Crippen molar-refractivity contribution in [3.8, 4) is 0 Å². The van der Waals surface area contributed by atoms with Crippen molar-refractivity contribution in [1.82, 2.24) is 15.0 Å². The lowest BCUT2D eigenvalue weighted by Crippen LogP contribution is -2.11. The second-order valence-corrected chi connectivity index (χ2v) is 5.60. The van der Waals surface area contributed by atoms with Crippen LogP contribution in [-0.2, 0) is 0 Å². The van der Waals surface area contributed by atoms with Gasteiger partial charge in [-0.15, -0.1) is 5.10 Å². The van der Waals surface area contributed by atoms with Gasteiger partial charge in [0.05, 0.1) is 5.52 Å². The predicted octanol–water partition coefficient (Wildman–Crippen LogP) is 4.77. The first-order valence-electron chi connectivity index (χ1n) is 8.31. The number of hydrogen-bond acceptors (Lipinski definition) is 3. The van der Waals surface area contributed by atoms with Gasteiger partial charge in [-0.05, 0) is 44.2 Å². The Morgan fingerprint density at radius 1 is 1.09 bits per heavy atom. The third-order valence-electron chi connectivity index (χ3n) is 3.74. The first-order chi connectivity index (χ1) is 10.8. The number of benzene rings is 1. The lowest BCUT2D eigenvalue weighted by molar-refractivity contribution is 0.0886. The van der Waals surface area contributed by atoms with E-state index in [0.29, 0.717) is 6.42 Å². The van der Waals surface area contributed by atoms with E-state index in [-0.39, 0.29) is 5.91 Å². The number of rotatable bonds is 9. The van der Waals surface area contributed by atoms with Crippen LogP contribution < -0.4 is 0 Å². The molecular formula is C18H25N3O. The van der Waals surface area contributed by atoms with Crippen LogP contribution in [0.25, 0.3) is 11.0 Å². The zero-order chi connectivity index (χ0) is 15.6. The van der Waals surface area contributed by atoms with Crippen molar-refractivity contribution >= 4 is 16.9 Å². The summed E-state index contributed by atoms with van der Waals surface area (Å²) in [7, 11) is 0. The number of fused-ring (bicyclic) bond motifs is 1. The van der Waals surface area contributed by atoms with E-state index < -0.39 is 0 Å². The molecule has 0 N–H and O–H groups in total. The summed E-state index contributed by atoms with van der Waals surface area (Å²) in [5, 5.41) is 7.97. The number of allylic oxidation sites excluding steroid dienone is 2. The number of hydrogen-bond donors (Lipinski definition) is 0. The van der Waals surface area contributed by atoms with Crippen molar-refractivity contribution in [3.05, 3.63) is 36.4 Å². The smallest absolute Gasteiger partial charge is 0.248 e. The van der Waals surface area contributed by atoms with Crippen LogP contribution in [0.5, 0.6) is 0 Å². The fourth-order valence-corrected chi connectivity index (χ4v) is 2.45. The summed E-state index contributed by atoms with van der Waals surface area (Å²) in [5.41, 5.74) is 1.56. The van der Waals surface area contributed by atoms with Crippen LogP contribution in [0.15, 0.2) is 36.4 Å². The molecule has 0 radical (unpaired) electrons. The number of unbranched alkanes of at least 4 members (excludes halogenated alkanes) is 5. The molecule has 1 heterocycles. The fourth-order valence-electron chi connectivity index (χ4n) is 2.45. The van der Waals surface area contributed by atoms with Gasteiger partial charge in [-0.3, -0.25) is 4.79 Å². The van der Waals surface area contributed by atoms with Gasteiger partial charge in [0, 0.05) is 6.42 Å². The molecule has 2 aromatic rings. The first kappa shape index (κ1) is 16.4. The van der Waals surface area contributed by atoms with Gasteiger partial charge in [-0.25, -0.2) is 0 Å². The lowest BCUT2D eigenvalue weighted by atomic mass is 10.1. The van der Waals surface area contributed by atoms with Gasteiger partial charge in [0.25, 0.3) is 0 Å². The van der Waals surface area contributed by atoms with Crippen molar-refractivity contribution in [1.29, 1.82) is 0 Å². The molecule has 0 aliphatic rings. The SMILES string of the molecule is CCCCC/C=C/CCCCC(=O)n1nnc2ccccc21. The van der Waals surface area contributed by atoms with Crippen LogP contribution >= 0.6 is 0 Å². The van der Waals surface area contributed by atoms with Crippen molar-refractivity contribution in [2.24, 2.45) is 0 Å². The van der Waals surface area contributed by atoms with Gasteiger partial charge >= 0.3 is 0 Å². The maximum absolute atomic E-state index is 12.2. The van der Waals surface area contributed by atoms with Gasteiger partial charge in [-0.1, -0.05) is 49.3 Å². The minimum atomic E-state index is 0.0284.